The number of Topliss-reactive ketones (excluding diaryl/α,β-unsaturated/α-hetero) is 2. The first-order valence-corrected chi connectivity index (χ1v) is 24.5. The Balaban J connectivity index is 0.970. The maximum Gasteiger partial charge on any atom is 0.358 e. The molecule has 332 valence electrons. The van der Waals surface area contributed by atoms with Crippen molar-refractivity contribution >= 4 is 34.9 Å². The minimum absolute atomic E-state index is 0.0475. The molecule has 8 aliphatic carbocycles. The van der Waals surface area contributed by atoms with Crippen molar-refractivity contribution in [3.8, 4) is 0 Å². The first-order chi connectivity index (χ1) is 28.7. The molecule has 4 N–H and O–H groups in total. The summed E-state index contributed by atoms with van der Waals surface area (Å²) in [4.78, 5) is 64.2. The molecule has 0 aromatic carbocycles. The van der Waals surface area contributed by atoms with Crippen LogP contribution in [0.1, 0.15) is 169 Å². The first-order valence-electron chi connectivity index (χ1n) is 24.5. The van der Waals surface area contributed by atoms with Crippen LogP contribution in [0.2, 0.25) is 0 Å². The van der Waals surface area contributed by atoms with E-state index in [0.717, 1.165) is 139 Å². The highest BCUT2D eigenvalue weighted by Gasteiger charge is 2.63. The first kappa shape index (κ1) is 43.9. The Kier molecular flexibility index (Phi) is 12.8. The monoisotopic (exact) mass is 829 g/mol. The largest absolute Gasteiger partial charge is 0.358 e. The molecule has 8 saturated carbocycles. The molecular formula is C50H76N4O6. The van der Waals surface area contributed by atoms with Gasteiger partial charge in [0.15, 0.2) is 0 Å². The number of nitrogens with zero attached hydrogens (tertiary/aromatic N) is 2. The summed E-state index contributed by atoms with van der Waals surface area (Å²) in [7, 11) is 0. The topological polar surface area (TPSA) is 164 Å². The Hall–Kier alpha value is -2.72. The van der Waals surface area contributed by atoms with Crippen molar-refractivity contribution in [2.75, 3.05) is 13.1 Å². The van der Waals surface area contributed by atoms with Gasteiger partial charge in [0.25, 0.3) is 0 Å². The van der Waals surface area contributed by atoms with Crippen molar-refractivity contribution in [2.24, 2.45) is 103 Å². The molecule has 8 aliphatic rings. The van der Waals surface area contributed by atoms with Gasteiger partial charge in [0.1, 0.15) is 11.6 Å². The summed E-state index contributed by atoms with van der Waals surface area (Å²) in [5.41, 5.74) is 13.2. The number of rotatable bonds is 12. The van der Waals surface area contributed by atoms with E-state index >= 15 is 0 Å². The van der Waals surface area contributed by atoms with Gasteiger partial charge in [-0.15, -0.1) is 0 Å². The van der Waals surface area contributed by atoms with Crippen LogP contribution in [0, 0.1) is 80.8 Å². The van der Waals surface area contributed by atoms with Crippen molar-refractivity contribution in [1.82, 2.24) is 0 Å². The molecule has 8 rings (SSSR count). The fraction of sp³-hybridized carbons (Fsp3) is 0.840. The maximum absolute atomic E-state index is 13.3. The molecule has 0 amide bonds. The second-order valence-corrected chi connectivity index (χ2v) is 22.3. The molecule has 0 radical (unpaired) electrons. The predicted octanol–water partition coefficient (Wildman–Crippen LogP) is 9.27. The molecule has 0 heterocycles. The van der Waals surface area contributed by atoms with Gasteiger partial charge in [-0.3, -0.25) is 9.59 Å². The van der Waals surface area contributed by atoms with Gasteiger partial charge in [0.2, 0.25) is 0 Å². The van der Waals surface area contributed by atoms with Crippen molar-refractivity contribution in [1.29, 1.82) is 0 Å². The van der Waals surface area contributed by atoms with Crippen molar-refractivity contribution in [3.05, 3.63) is 12.2 Å². The third-order valence-electron chi connectivity index (χ3n) is 19.6. The van der Waals surface area contributed by atoms with Gasteiger partial charge in [-0.1, -0.05) is 63.7 Å². The van der Waals surface area contributed by atoms with E-state index in [9.17, 15) is 19.2 Å². The molecule has 60 heavy (non-hydrogen) atoms. The molecular weight excluding hydrogens is 753 g/mol. The highest BCUT2D eigenvalue weighted by molar-refractivity contribution is 5.95. The van der Waals surface area contributed by atoms with E-state index in [0.29, 0.717) is 84.8 Å². The van der Waals surface area contributed by atoms with E-state index in [-0.39, 0.29) is 33.5 Å². The van der Waals surface area contributed by atoms with E-state index in [2.05, 4.69) is 38.0 Å². The number of oxime groups is 2. The van der Waals surface area contributed by atoms with Gasteiger partial charge < -0.3 is 21.1 Å². The number of carbonyl (C=O) groups is 4. The highest BCUT2D eigenvalue weighted by Crippen LogP contribution is 2.67. The van der Waals surface area contributed by atoms with Crippen LogP contribution >= 0.6 is 0 Å². The maximum atomic E-state index is 13.3. The Morgan fingerprint density at radius 1 is 0.600 bits per heavy atom. The summed E-state index contributed by atoms with van der Waals surface area (Å²) < 4.78 is 0. The van der Waals surface area contributed by atoms with Crippen LogP contribution in [-0.4, -0.2) is 48.0 Å². The number of carbonyl (C=O) groups excluding carboxylic acids is 4. The van der Waals surface area contributed by atoms with Gasteiger partial charge >= 0.3 is 11.9 Å². The van der Waals surface area contributed by atoms with Crippen LogP contribution in [0.25, 0.3) is 0 Å². The highest BCUT2D eigenvalue weighted by atomic mass is 16.7. The molecule has 0 aromatic rings. The lowest BCUT2D eigenvalue weighted by molar-refractivity contribution is -0.141. The lowest BCUT2D eigenvalue weighted by atomic mass is 9.44. The fourth-order valence-corrected chi connectivity index (χ4v) is 16.1. The molecule has 0 spiro atoms. The lowest BCUT2D eigenvalue weighted by Gasteiger charge is -2.60. The van der Waals surface area contributed by atoms with Crippen LogP contribution in [0.5, 0.6) is 0 Å². The number of hydrogen-bond acceptors (Lipinski definition) is 10. The average Bonchev–Trinajstić information content (AvgIpc) is 3.71. The van der Waals surface area contributed by atoms with Gasteiger partial charge in [-0.2, -0.15) is 0 Å². The van der Waals surface area contributed by atoms with Gasteiger partial charge in [0, 0.05) is 47.7 Å². The smallest absolute Gasteiger partial charge is 0.330 e. The summed E-state index contributed by atoms with van der Waals surface area (Å²) in [5, 5.41) is 9.30. The summed E-state index contributed by atoms with van der Waals surface area (Å²) in [5.74, 6) is 3.51. The van der Waals surface area contributed by atoms with Crippen molar-refractivity contribution < 1.29 is 28.9 Å². The summed E-state index contributed by atoms with van der Waals surface area (Å²) >= 11 is 0. The molecule has 4 unspecified atom stereocenters. The second-order valence-electron chi connectivity index (χ2n) is 22.3. The molecule has 8 fully saturated rings. The third kappa shape index (κ3) is 7.82. The number of unbranched alkanes of at least 4 members (excludes halogenated alkanes) is 2. The van der Waals surface area contributed by atoms with Gasteiger partial charge in [-0.05, 0) is 174 Å². The standard InChI is InChI=1S/C50H76N4O6/c1-47-21-17-31(9-5-7-25-51)27-39(47)41(29-33-35-11-13-43(55)49(35,3)23-19-37(33)47)53-59-45(57)15-16-46(58)60-54-42-30-34-36-12-14-44(56)50(36,4)24-20-38(34)48(2)22-18-32(28-40(42)48)10-6-8-26-52/h15-16,31-40H,5-14,17-30,51-52H2,1-4H3/b16-15+,53-41-,54-42?/t31?,32?,33-,34-,35-,36-,37+,38+,39?,40?,47+,48+,49-,50-/m0/s1. The van der Waals surface area contributed by atoms with Crippen LogP contribution in [0.3, 0.4) is 0 Å². The van der Waals surface area contributed by atoms with Crippen LogP contribution in [-0.2, 0) is 28.9 Å². The molecule has 0 saturated heterocycles. The zero-order valence-electron chi connectivity index (χ0n) is 37.4. The van der Waals surface area contributed by atoms with E-state index in [1.54, 1.807) is 0 Å². The van der Waals surface area contributed by atoms with E-state index in [1.165, 1.54) is 12.8 Å². The molecule has 0 bridgehead atoms. The second kappa shape index (κ2) is 17.4. The number of hydrogen-bond donors (Lipinski definition) is 2. The Bertz CT molecular complexity index is 1630. The molecule has 0 aliphatic heterocycles. The minimum atomic E-state index is -0.705. The molecule has 10 nitrogen and oxygen atoms in total. The lowest BCUT2D eigenvalue weighted by Crippen LogP contribution is -2.56. The van der Waals surface area contributed by atoms with E-state index in [1.807, 2.05) is 0 Å². The van der Waals surface area contributed by atoms with Crippen molar-refractivity contribution in [3.63, 3.8) is 0 Å². The van der Waals surface area contributed by atoms with Crippen molar-refractivity contribution in [2.45, 2.75) is 169 Å². The van der Waals surface area contributed by atoms with E-state index in [4.69, 9.17) is 21.1 Å². The Morgan fingerprint density at radius 2 is 1.02 bits per heavy atom. The molecule has 10 heteroatoms. The number of nitrogens with two attached hydrogens (primary N) is 2. The molecule has 14 atom stereocenters. The van der Waals surface area contributed by atoms with Gasteiger partial charge in [-0.25, -0.2) is 9.59 Å². The van der Waals surface area contributed by atoms with Gasteiger partial charge in [0.05, 0.1) is 11.4 Å². The Morgan fingerprint density at radius 3 is 1.42 bits per heavy atom. The fourth-order valence-electron chi connectivity index (χ4n) is 16.1. The summed E-state index contributed by atoms with van der Waals surface area (Å²) in [6.07, 6.45) is 24.4. The Labute approximate surface area is 359 Å². The third-order valence-corrected chi connectivity index (χ3v) is 19.6. The number of ketones is 2. The zero-order chi connectivity index (χ0) is 42.5. The minimum Gasteiger partial charge on any atom is -0.330 e. The zero-order valence-corrected chi connectivity index (χ0v) is 37.4. The average molecular weight is 829 g/mol. The summed E-state index contributed by atoms with van der Waals surface area (Å²) in [6, 6.07) is 0. The van der Waals surface area contributed by atoms with E-state index < -0.39 is 11.9 Å². The SMILES string of the molecule is C[C@]12CCC(CCCCN)CC1C(=NOC(=O)/C=C/C(=O)O/N=C1/C[C@@H]3[C@@H](CC[C@]4(C)C(=O)CC[C@@H]34)[C@@]3(C)CCC(CCCCN)CC13)C[C@@H]1[C@H]2CC[C@]2(C)C(=O)CC[C@@H]12. The quantitative estimate of drug-likeness (QED) is 0.0851. The number of fused-ring (bicyclic) bond motifs is 10. The van der Waals surface area contributed by atoms with Crippen LogP contribution in [0.15, 0.2) is 22.5 Å². The predicted molar refractivity (Wildman–Crippen MR) is 233 cm³/mol. The van der Waals surface area contributed by atoms with Crippen LogP contribution < -0.4 is 11.5 Å². The summed E-state index contributed by atoms with van der Waals surface area (Å²) in [6.45, 7) is 10.7. The normalized spacial score (nSPS) is 44.8. The van der Waals surface area contributed by atoms with Crippen LogP contribution in [0.4, 0.5) is 0 Å². The molecule has 0 aromatic heterocycles.